The lowest BCUT2D eigenvalue weighted by Crippen LogP contribution is -2.07. The highest BCUT2D eigenvalue weighted by Gasteiger charge is 2.29. The molecular formula is C10H11NO3. The molecule has 0 N–H and O–H groups in total. The van der Waals surface area contributed by atoms with Crippen LogP contribution >= 0.6 is 0 Å². The van der Waals surface area contributed by atoms with Crippen molar-refractivity contribution >= 4 is 0 Å². The Kier molecular flexibility index (Phi) is 2.53. The van der Waals surface area contributed by atoms with E-state index >= 15 is 0 Å². The van der Waals surface area contributed by atoms with Gasteiger partial charge in [-0.15, -0.1) is 0 Å². The van der Waals surface area contributed by atoms with E-state index in [4.69, 9.17) is 19.2 Å². The molecule has 4 nitrogen and oxygen atoms in total. The largest absolute Gasteiger partial charge is 0.461 e. The van der Waals surface area contributed by atoms with Crippen LogP contribution in [0.2, 0.25) is 0 Å². The van der Waals surface area contributed by atoms with Crippen molar-refractivity contribution in [2.24, 2.45) is 0 Å². The third-order valence-corrected chi connectivity index (χ3v) is 2.06. The van der Waals surface area contributed by atoms with E-state index in [0.29, 0.717) is 18.8 Å². The molecule has 0 radical (unpaired) electrons. The molecule has 2 atom stereocenters. The van der Waals surface area contributed by atoms with E-state index in [9.17, 15) is 0 Å². The lowest BCUT2D eigenvalue weighted by Gasteiger charge is -2.06. The number of nitrogens with zero attached hydrogens (tertiary/aromatic N) is 1. The van der Waals surface area contributed by atoms with Gasteiger partial charge in [-0.3, -0.25) is 0 Å². The zero-order chi connectivity index (χ0) is 9.97. The van der Waals surface area contributed by atoms with Crippen LogP contribution in [0.15, 0.2) is 16.5 Å². The molecule has 0 bridgehead atoms. The van der Waals surface area contributed by atoms with Gasteiger partial charge in [0.1, 0.15) is 5.76 Å². The first-order valence-electron chi connectivity index (χ1n) is 4.50. The van der Waals surface area contributed by atoms with Crippen LogP contribution in [-0.4, -0.2) is 12.7 Å². The molecule has 0 spiro atoms. The maximum absolute atomic E-state index is 8.48. The van der Waals surface area contributed by atoms with Crippen molar-refractivity contribution in [1.29, 1.82) is 5.26 Å². The van der Waals surface area contributed by atoms with Crippen LogP contribution in [0, 0.1) is 18.3 Å². The second-order valence-corrected chi connectivity index (χ2v) is 3.23. The minimum absolute atomic E-state index is 0.129. The molecule has 4 heteroatoms. The van der Waals surface area contributed by atoms with E-state index in [1.54, 1.807) is 0 Å². The Morgan fingerprint density at radius 1 is 1.57 bits per heavy atom. The lowest BCUT2D eigenvalue weighted by molar-refractivity contribution is -0.0733. The molecule has 0 saturated carbocycles. The van der Waals surface area contributed by atoms with Gasteiger partial charge in [0.15, 0.2) is 5.76 Å². The first kappa shape index (κ1) is 9.25. The fourth-order valence-electron chi connectivity index (χ4n) is 1.39. The maximum atomic E-state index is 8.48. The minimum atomic E-state index is -0.443. The number of hydrogen-bond donors (Lipinski definition) is 0. The topological polar surface area (TPSA) is 55.4 Å². The average Bonchev–Trinajstić information content (AvgIpc) is 2.74. The minimum Gasteiger partial charge on any atom is -0.461 e. The van der Waals surface area contributed by atoms with Crippen molar-refractivity contribution in [1.82, 2.24) is 0 Å². The predicted molar refractivity (Wildman–Crippen MR) is 47.2 cm³/mol. The highest BCUT2D eigenvalue weighted by atomic mass is 16.7. The molecule has 1 aliphatic heterocycles. The van der Waals surface area contributed by atoms with Crippen molar-refractivity contribution in [2.75, 3.05) is 6.61 Å². The Morgan fingerprint density at radius 3 is 3.07 bits per heavy atom. The van der Waals surface area contributed by atoms with Gasteiger partial charge < -0.3 is 13.9 Å². The molecule has 2 rings (SSSR count). The number of aryl methyl sites for hydroxylation is 1. The Labute approximate surface area is 82.0 Å². The van der Waals surface area contributed by atoms with E-state index in [2.05, 4.69) is 6.07 Å². The molecule has 1 aromatic heterocycles. The Hall–Kier alpha value is -1.31. The van der Waals surface area contributed by atoms with E-state index < -0.39 is 6.29 Å². The summed E-state index contributed by atoms with van der Waals surface area (Å²) < 4.78 is 16.2. The van der Waals surface area contributed by atoms with E-state index in [-0.39, 0.29) is 6.10 Å². The SMILES string of the molecule is Cc1ccc(C2OCC(CC#N)O2)o1. The van der Waals surface area contributed by atoms with Crippen LogP contribution in [-0.2, 0) is 9.47 Å². The number of nitriles is 1. The van der Waals surface area contributed by atoms with Crippen LogP contribution < -0.4 is 0 Å². The zero-order valence-corrected chi connectivity index (χ0v) is 7.90. The van der Waals surface area contributed by atoms with Crippen molar-refractivity contribution < 1.29 is 13.9 Å². The van der Waals surface area contributed by atoms with Crippen LogP contribution in [0.3, 0.4) is 0 Å². The van der Waals surface area contributed by atoms with E-state index in [1.165, 1.54) is 0 Å². The van der Waals surface area contributed by atoms with Gasteiger partial charge in [0, 0.05) is 0 Å². The third-order valence-electron chi connectivity index (χ3n) is 2.06. The molecule has 1 fully saturated rings. The van der Waals surface area contributed by atoms with Gasteiger partial charge in [0.2, 0.25) is 6.29 Å². The van der Waals surface area contributed by atoms with E-state index in [1.807, 2.05) is 19.1 Å². The molecule has 1 aromatic rings. The van der Waals surface area contributed by atoms with Crippen molar-refractivity contribution in [3.8, 4) is 6.07 Å². The van der Waals surface area contributed by atoms with Crippen molar-refractivity contribution in [2.45, 2.75) is 25.7 Å². The first-order valence-corrected chi connectivity index (χ1v) is 4.50. The molecule has 74 valence electrons. The number of hydrogen-bond acceptors (Lipinski definition) is 4. The number of ether oxygens (including phenoxy) is 2. The summed E-state index contributed by atoms with van der Waals surface area (Å²) in [5, 5.41) is 8.48. The summed E-state index contributed by atoms with van der Waals surface area (Å²) in [6.45, 7) is 2.32. The summed E-state index contributed by atoms with van der Waals surface area (Å²) >= 11 is 0. The molecule has 0 amide bonds. The molecule has 1 saturated heterocycles. The van der Waals surface area contributed by atoms with Gasteiger partial charge in [0.25, 0.3) is 0 Å². The summed E-state index contributed by atoms with van der Waals surface area (Å²) in [5.41, 5.74) is 0. The summed E-state index contributed by atoms with van der Waals surface area (Å²) in [7, 11) is 0. The first-order chi connectivity index (χ1) is 6.79. The van der Waals surface area contributed by atoms with Gasteiger partial charge in [0.05, 0.1) is 25.2 Å². The fraction of sp³-hybridized carbons (Fsp3) is 0.500. The zero-order valence-electron chi connectivity index (χ0n) is 7.90. The monoisotopic (exact) mass is 193 g/mol. The predicted octanol–water partition coefficient (Wildman–Crippen LogP) is 1.92. The van der Waals surface area contributed by atoms with Gasteiger partial charge in [-0.2, -0.15) is 5.26 Å². The highest BCUT2D eigenvalue weighted by Crippen LogP contribution is 2.28. The molecule has 2 unspecified atom stereocenters. The number of rotatable bonds is 2. The standard InChI is InChI=1S/C10H11NO3/c1-7-2-3-9(13-7)10-12-6-8(14-10)4-5-11/h2-3,8,10H,4,6H2,1H3. The fourth-order valence-corrected chi connectivity index (χ4v) is 1.39. The second kappa shape index (κ2) is 3.82. The Morgan fingerprint density at radius 2 is 2.43 bits per heavy atom. The van der Waals surface area contributed by atoms with Crippen molar-refractivity contribution in [3.63, 3.8) is 0 Å². The van der Waals surface area contributed by atoms with Crippen LogP contribution in [0.4, 0.5) is 0 Å². The van der Waals surface area contributed by atoms with Gasteiger partial charge >= 0.3 is 0 Å². The lowest BCUT2D eigenvalue weighted by atomic mass is 10.3. The van der Waals surface area contributed by atoms with Crippen molar-refractivity contribution in [3.05, 3.63) is 23.7 Å². The van der Waals surface area contributed by atoms with Gasteiger partial charge in [-0.05, 0) is 19.1 Å². The Balaban J connectivity index is 1.99. The van der Waals surface area contributed by atoms with Crippen LogP contribution in [0.5, 0.6) is 0 Å². The van der Waals surface area contributed by atoms with Crippen LogP contribution in [0.1, 0.15) is 24.2 Å². The number of furan rings is 1. The Bertz CT molecular complexity index is 352. The van der Waals surface area contributed by atoms with Gasteiger partial charge in [-0.1, -0.05) is 0 Å². The molecular weight excluding hydrogens is 182 g/mol. The van der Waals surface area contributed by atoms with E-state index in [0.717, 1.165) is 5.76 Å². The highest BCUT2D eigenvalue weighted by molar-refractivity contribution is 5.07. The molecule has 2 heterocycles. The normalized spacial score (nSPS) is 26.3. The molecule has 0 aromatic carbocycles. The summed E-state index contributed by atoms with van der Waals surface area (Å²) in [4.78, 5) is 0. The van der Waals surface area contributed by atoms with Crippen LogP contribution in [0.25, 0.3) is 0 Å². The molecule has 1 aliphatic rings. The summed E-state index contributed by atoms with van der Waals surface area (Å²) in [5.74, 6) is 1.50. The molecule has 14 heavy (non-hydrogen) atoms. The third kappa shape index (κ3) is 1.79. The quantitative estimate of drug-likeness (QED) is 0.720. The smallest absolute Gasteiger partial charge is 0.217 e. The maximum Gasteiger partial charge on any atom is 0.217 e. The second-order valence-electron chi connectivity index (χ2n) is 3.23. The van der Waals surface area contributed by atoms with Gasteiger partial charge in [-0.25, -0.2) is 0 Å². The summed E-state index contributed by atoms with van der Waals surface area (Å²) in [6, 6.07) is 5.74. The molecule has 0 aliphatic carbocycles. The summed E-state index contributed by atoms with van der Waals surface area (Å²) in [6.07, 6.45) is -0.214. The average molecular weight is 193 g/mol.